The Kier molecular flexibility index (Phi) is 4.80. The normalized spacial score (nSPS) is 16.1. The van der Waals surface area contributed by atoms with Crippen molar-refractivity contribution in [2.24, 2.45) is 0 Å². The Morgan fingerprint density at radius 2 is 1.80 bits per heavy atom. The number of carbonyl (C=O) groups excluding carboxylic acids is 1. The summed E-state index contributed by atoms with van der Waals surface area (Å²) in [7, 11) is -3.91. The fourth-order valence-corrected chi connectivity index (χ4v) is 3.23. The van der Waals surface area contributed by atoms with Crippen LogP contribution in [0.5, 0.6) is 11.5 Å². The number of rotatable bonds is 4. The minimum atomic E-state index is -3.91. The maximum atomic E-state index is 12.1. The third-order valence-electron chi connectivity index (χ3n) is 3.62. The van der Waals surface area contributed by atoms with Crippen molar-refractivity contribution in [3.8, 4) is 11.5 Å². The molecule has 0 fully saturated rings. The van der Waals surface area contributed by atoms with Crippen molar-refractivity contribution in [2.75, 3.05) is 13.2 Å². The Balaban J connectivity index is 1.54. The van der Waals surface area contributed by atoms with Crippen LogP contribution in [-0.2, 0) is 10.0 Å². The van der Waals surface area contributed by atoms with Crippen LogP contribution in [0.3, 0.4) is 0 Å². The second-order valence-electron chi connectivity index (χ2n) is 5.63. The molecule has 1 aliphatic heterocycles. The lowest BCUT2D eigenvalue weighted by Crippen LogP contribution is -2.46. The highest BCUT2D eigenvalue weighted by Crippen LogP contribution is 2.30. The first kappa shape index (κ1) is 17.1. The average Bonchev–Trinajstić information content (AvgIpc) is 2.60. The van der Waals surface area contributed by atoms with E-state index in [0.29, 0.717) is 11.5 Å². The van der Waals surface area contributed by atoms with Crippen LogP contribution in [0.2, 0.25) is 0 Å². The van der Waals surface area contributed by atoms with Crippen molar-refractivity contribution < 1.29 is 22.7 Å². The van der Waals surface area contributed by atoms with Gasteiger partial charge in [0.1, 0.15) is 6.61 Å². The molecule has 0 saturated heterocycles. The van der Waals surface area contributed by atoms with E-state index in [4.69, 9.17) is 9.47 Å². The highest BCUT2D eigenvalue weighted by molar-refractivity contribution is 7.90. The SMILES string of the molecule is Cc1ccc(S(=O)(=O)NC(=O)NC[C@H]2COc3ccccc3O2)cc1. The lowest BCUT2D eigenvalue weighted by Gasteiger charge is -2.26. The Labute approximate surface area is 146 Å². The highest BCUT2D eigenvalue weighted by atomic mass is 32.2. The molecule has 2 aromatic rings. The fourth-order valence-electron chi connectivity index (χ4n) is 2.30. The second kappa shape index (κ2) is 7.02. The summed E-state index contributed by atoms with van der Waals surface area (Å²) >= 11 is 0. The summed E-state index contributed by atoms with van der Waals surface area (Å²) in [5, 5.41) is 2.49. The number of urea groups is 1. The maximum absolute atomic E-state index is 12.1. The van der Waals surface area contributed by atoms with Crippen LogP contribution in [0.4, 0.5) is 4.79 Å². The molecule has 2 aromatic carbocycles. The number of para-hydroxylation sites is 2. The van der Waals surface area contributed by atoms with Gasteiger partial charge >= 0.3 is 6.03 Å². The number of hydrogen-bond donors (Lipinski definition) is 2. The van der Waals surface area contributed by atoms with E-state index in [1.54, 1.807) is 24.3 Å². The number of aryl methyl sites for hydroxylation is 1. The summed E-state index contributed by atoms with van der Waals surface area (Å²) < 4.78 is 37.5. The molecule has 8 heteroatoms. The van der Waals surface area contributed by atoms with Crippen molar-refractivity contribution in [1.29, 1.82) is 0 Å². The second-order valence-corrected chi connectivity index (χ2v) is 7.31. The molecule has 0 radical (unpaired) electrons. The Morgan fingerprint density at radius 3 is 2.52 bits per heavy atom. The number of amides is 2. The highest BCUT2D eigenvalue weighted by Gasteiger charge is 2.22. The molecule has 0 aromatic heterocycles. The summed E-state index contributed by atoms with van der Waals surface area (Å²) in [5.74, 6) is 1.23. The standard InChI is InChI=1S/C17H18N2O5S/c1-12-6-8-14(9-7-12)25(21,22)19-17(20)18-10-13-11-23-15-4-2-3-5-16(15)24-13/h2-9,13H,10-11H2,1H3,(H2,18,19,20)/t13-/m0/s1. The molecule has 0 bridgehead atoms. The van der Waals surface area contributed by atoms with E-state index >= 15 is 0 Å². The maximum Gasteiger partial charge on any atom is 0.328 e. The molecule has 1 aliphatic rings. The number of carbonyl (C=O) groups is 1. The molecule has 2 amide bonds. The first-order valence-corrected chi connectivity index (χ1v) is 9.18. The average molecular weight is 362 g/mol. The van der Waals surface area contributed by atoms with Gasteiger partial charge in [0.15, 0.2) is 17.6 Å². The van der Waals surface area contributed by atoms with Crippen molar-refractivity contribution >= 4 is 16.1 Å². The molecule has 132 valence electrons. The van der Waals surface area contributed by atoms with Gasteiger partial charge < -0.3 is 14.8 Å². The first-order chi connectivity index (χ1) is 11.9. The fraction of sp³-hybridized carbons (Fsp3) is 0.235. The van der Waals surface area contributed by atoms with E-state index in [1.165, 1.54) is 12.1 Å². The Bertz CT molecular complexity index is 865. The van der Waals surface area contributed by atoms with Gasteiger partial charge in [-0.05, 0) is 31.2 Å². The lowest BCUT2D eigenvalue weighted by molar-refractivity contribution is 0.0920. The number of benzene rings is 2. The van der Waals surface area contributed by atoms with Gasteiger partial charge in [0.2, 0.25) is 0 Å². The zero-order valence-corrected chi connectivity index (χ0v) is 14.4. The van der Waals surface area contributed by atoms with Crippen LogP contribution in [-0.4, -0.2) is 33.7 Å². The number of sulfonamides is 1. The summed E-state index contributed by atoms with van der Waals surface area (Å²) in [6, 6.07) is 12.6. The van der Waals surface area contributed by atoms with Crippen LogP contribution in [0.25, 0.3) is 0 Å². The molecule has 0 unspecified atom stereocenters. The van der Waals surface area contributed by atoms with Gasteiger partial charge in [-0.2, -0.15) is 0 Å². The number of nitrogens with one attached hydrogen (secondary N) is 2. The molecular formula is C17H18N2O5S. The van der Waals surface area contributed by atoms with Crippen molar-refractivity contribution in [1.82, 2.24) is 10.0 Å². The molecule has 3 rings (SSSR count). The van der Waals surface area contributed by atoms with Crippen molar-refractivity contribution in [2.45, 2.75) is 17.9 Å². The van der Waals surface area contributed by atoms with Crippen LogP contribution in [0.1, 0.15) is 5.56 Å². The van der Waals surface area contributed by atoms with Crippen LogP contribution in [0.15, 0.2) is 53.4 Å². The van der Waals surface area contributed by atoms with Crippen molar-refractivity contribution in [3.63, 3.8) is 0 Å². The summed E-state index contributed by atoms with van der Waals surface area (Å²) in [4.78, 5) is 11.9. The van der Waals surface area contributed by atoms with E-state index in [2.05, 4.69) is 5.32 Å². The topological polar surface area (TPSA) is 93.7 Å². The molecule has 0 aliphatic carbocycles. The number of ether oxygens (including phenoxy) is 2. The monoisotopic (exact) mass is 362 g/mol. The minimum absolute atomic E-state index is 0.0272. The lowest BCUT2D eigenvalue weighted by atomic mass is 10.2. The Morgan fingerprint density at radius 1 is 1.12 bits per heavy atom. The van der Waals surface area contributed by atoms with E-state index < -0.39 is 22.2 Å². The van der Waals surface area contributed by atoms with Crippen LogP contribution < -0.4 is 19.5 Å². The molecule has 25 heavy (non-hydrogen) atoms. The summed E-state index contributed by atoms with van der Waals surface area (Å²) in [6.07, 6.45) is -0.400. The van der Waals surface area contributed by atoms with Crippen LogP contribution in [0, 0.1) is 6.92 Å². The van der Waals surface area contributed by atoms with E-state index in [9.17, 15) is 13.2 Å². The summed E-state index contributed by atoms with van der Waals surface area (Å²) in [5.41, 5.74) is 0.929. The van der Waals surface area contributed by atoms with E-state index in [1.807, 2.05) is 23.8 Å². The van der Waals surface area contributed by atoms with Gasteiger partial charge in [-0.15, -0.1) is 0 Å². The molecule has 1 heterocycles. The van der Waals surface area contributed by atoms with Crippen LogP contribution >= 0.6 is 0 Å². The number of fused-ring (bicyclic) bond motifs is 1. The number of hydrogen-bond acceptors (Lipinski definition) is 5. The smallest absolute Gasteiger partial charge is 0.328 e. The molecule has 2 N–H and O–H groups in total. The van der Waals surface area contributed by atoms with Crippen molar-refractivity contribution in [3.05, 3.63) is 54.1 Å². The van der Waals surface area contributed by atoms with Gasteiger partial charge in [-0.25, -0.2) is 17.9 Å². The predicted octanol–water partition coefficient (Wildman–Crippen LogP) is 1.82. The van der Waals surface area contributed by atoms with E-state index in [-0.39, 0.29) is 18.0 Å². The molecule has 1 atom stereocenters. The molecule has 0 saturated carbocycles. The Hall–Kier alpha value is -2.74. The van der Waals surface area contributed by atoms with Gasteiger partial charge in [-0.1, -0.05) is 29.8 Å². The van der Waals surface area contributed by atoms with Gasteiger partial charge in [0.05, 0.1) is 11.4 Å². The van der Waals surface area contributed by atoms with Gasteiger partial charge in [-0.3, -0.25) is 0 Å². The largest absolute Gasteiger partial charge is 0.486 e. The van der Waals surface area contributed by atoms with Gasteiger partial charge in [0.25, 0.3) is 10.0 Å². The predicted molar refractivity (Wildman–Crippen MR) is 91.3 cm³/mol. The zero-order valence-electron chi connectivity index (χ0n) is 13.6. The van der Waals surface area contributed by atoms with E-state index in [0.717, 1.165) is 5.56 Å². The first-order valence-electron chi connectivity index (χ1n) is 7.70. The minimum Gasteiger partial charge on any atom is -0.486 e. The quantitative estimate of drug-likeness (QED) is 0.865. The third-order valence-corrected chi connectivity index (χ3v) is 4.96. The molecule has 0 spiro atoms. The molecule has 7 nitrogen and oxygen atoms in total. The van der Waals surface area contributed by atoms with Gasteiger partial charge in [0, 0.05) is 0 Å². The zero-order chi connectivity index (χ0) is 17.9. The molecular weight excluding hydrogens is 344 g/mol. The summed E-state index contributed by atoms with van der Waals surface area (Å²) in [6.45, 7) is 2.23. The third kappa shape index (κ3) is 4.21.